The van der Waals surface area contributed by atoms with Gasteiger partial charge in [0, 0.05) is 23.7 Å². The lowest BCUT2D eigenvalue weighted by Crippen LogP contribution is -2.27. The summed E-state index contributed by atoms with van der Waals surface area (Å²) in [5, 5.41) is 0.528. The van der Waals surface area contributed by atoms with Crippen molar-refractivity contribution in [3.63, 3.8) is 0 Å². The number of anilines is 1. The number of ether oxygens (including phenoxy) is 4. The lowest BCUT2D eigenvalue weighted by molar-refractivity contribution is -0.139. The maximum absolute atomic E-state index is 12.7. The van der Waals surface area contributed by atoms with Crippen LogP contribution in [0.2, 0.25) is 5.02 Å². The number of hydrogen-bond acceptors (Lipinski definition) is 9. The number of benzene rings is 1. The van der Waals surface area contributed by atoms with Gasteiger partial charge in [-0.1, -0.05) is 17.7 Å². The van der Waals surface area contributed by atoms with Crippen molar-refractivity contribution in [3.8, 4) is 5.75 Å². The number of fused-ring (bicyclic) bond motifs is 1. The molecule has 2 heterocycles. The van der Waals surface area contributed by atoms with Crippen LogP contribution in [0.4, 0.5) is 5.69 Å². The highest BCUT2D eigenvalue weighted by molar-refractivity contribution is 6.37. The van der Waals surface area contributed by atoms with Crippen LogP contribution < -0.4 is 9.64 Å². The molecule has 0 fully saturated rings. The molecule has 162 valence electrons. The molecule has 0 saturated heterocycles. The van der Waals surface area contributed by atoms with E-state index >= 15 is 0 Å². The number of esters is 3. The first-order valence-corrected chi connectivity index (χ1v) is 9.19. The number of allylic oxidation sites excluding steroid dienone is 2. The van der Waals surface area contributed by atoms with Crippen molar-refractivity contribution in [3.05, 3.63) is 58.6 Å². The van der Waals surface area contributed by atoms with E-state index in [-0.39, 0.29) is 39.1 Å². The van der Waals surface area contributed by atoms with Crippen LogP contribution in [0, 0.1) is 0 Å². The van der Waals surface area contributed by atoms with Gasteiger partial charge < -0.3 is 28.3 Å². The zero-order chi connectivity index (χ0) is 22.7. The zero-order valence-corrected chi connectivity index (χ0v) is 17.8. The van der Waals surface area contributed by atoms with Gasteiger partial charge in [0.1, 0.15) is 11.3 Å². The fourth-order valence-corrected chi connectivity index (χ4v) is 3.36. The van der Waals surface area contributed by atoms with Gasteiger partial charge in [-0.25, -0.2) is 14.4 Å². The molecule has 0 amide bonds. The summed E-state index contributed by atoms with van der Waals surface area (Å²) in [6.45, 7) is 0. The Bertz CT molecular complexity index is 1160. The van der Waals surface area contributed by atoms with E-state index in [4.69, 9.17) is 30.2 Å². The van der Waals surface area contributed by atoms with E-state index < -0.39 is 17.9 Å². The van der Waals surface area contributed by atoms with E-state index in [0.717, 1.165) is 0 Å². The Morgan fingerprint density at radius 3 is 2.23 bits per heavy atom. The molecule has 2 aromatic rings. The molecule has 1 aliphatic rings. The van der Waals surface area contributed by atoms with Crippen LogP contribution in [0.15, 0.2) is 52.2 Å². The monoisotopic (exact) mass is 447 g/mol. The predicted octanol–water partition coefficient (Wildman–Crippen LogP) is 3.37. The third-order valence-corrected chi connectivity index (χ3v) is 4.81. The number of carbonyl (C=O) groups is 3. The molecule has 31 heavy (non-hydrogen) atoms. The summed E-state index contributed by atoms with van der Waals surface area (Å²) in [5.74, 6) is -2.13. The number of rotatable bonds is 5. The van der Waals surface area contributed by atoms with Crippen LogP contribution in [0.25, 0.3) is 11.0 Å². The highest BCUT2D eigenvalue weighted by atomic mass is 35.5. The number of hydrogen-bond donors (Lipinski definition) is 0. The maximum atomic E-state index is 12.7. The Kier molecular flexibility index (Phi) is 6.36. The third kappa shape index (κ3) is 3.87. The number of methoxy groups -OCH3 is 4. The van der Waals surface area contributed by atoms with Crippen molar-refractivity contribution in [1.82, 2.24) is 0 Å². The molecule has 1 aromatic heterocycles. The molecule has 1 aromatic carbocycles. The summed E-state index contributed by atoms with van der Waals surface area (Å²) in [6.07, 6.45) is 6.09. The molecular formula is C21H18ClNO8. The standard InChI is InChI=1S/C21H18ClNO8/c1-27-18-13(10-14-12(16(18)22)9-15(31-14)20(25)29-3)23-8-6-5-7-11(19(24)28-2)17(23)21(26)30-4/h5-10H,1-4H3. The molecule has 0 saturated carbocycles. The second kappa shape index (κ2) is 8.97. The van der Waals surface area contributed by atoms with Crippen molar-refractivity contribution in [2.24, 2.45) is 0 Å². The third-order valence-electron chi connectivity index (χ3n) is 4.44. The molecule has 0 radical (unpaired) electrons. The Labute approximate surface area is 182 Å². The first-order chi connectivity index (χ1) is 14.9. The summed E-state index contributed by atoms with van der Waals surface area (Å²) in [7, 11) is 4.99. The van der Waals surface area contributed by atoms with E-state index in [1.807, 2.05) is 0 Å². The van der Waals surface area contributed by atoms with Gasteiger partial charge in [0.15, 0.2) is 5.75 Å². The van der Waals surface area contributed by atoms with Crippen LogP contribution in [-0.4, -0.2) is 46.3 Å². The molecule has 3 rings (SSSR count). The van der Waals surface area contributed by atoms with Crippen LogP contribution in [-0.2, 0) is 23.8 Å². The summed E-state index contributed by atoms with van der Waals surface area (Å²) in [5.41, 5.74) is 0.309. The van der Waals surface area contributed by atoms with Gasteiger partial charge in [-0.2, -0.15) is 0 Å². The topological polar surface area (TPSA) is 105 Å². The largest absolute Gasteiger partial charge is 0.493 e. The number of carbonyl (C=O) groups excluding carboxylic acids is 3. The van der Waals surface area contributed by atoms with Gasteiger partial charge >= 0.3 is 17.9 Å². The highest BCUT2D eigenvalue weighted by Crippen LogP contribution is 2.44. The normalized spacial score (nSPS) is 13.3. The van der Waals surface area contributed by atoms with E-state index in [0.29, 0.717) is 5.39 Å². The van der Waals surface area contributed by atoms with Crippen molar-refractivity contribution >= 4 is 46.2 Å². The highest BCUT2D eigenvalue weighted by Gasteiger charge is 2.31. The van der Waals surface area contributed by atoms with Crippen molar-refractivity contribution in [1.29, 1.82) is 0 Å². The minimum Gasteiger partial charge on any atom is -0.493 e. The SMILES string of the molecule is COC(=O)C1=C(C(=O)OC)N(c2cc3oc(C(=O)OC)cc3c(Cl)c2OC)C=CC=C1. The van der Waals surface area contributed by atoms with E-state index in [2.05, 4.69) is 4.74 Å². The van der Waals surface area contributed by atoms with Gasteiger partial charge in [-0.15, -0.1) is 0 Å². The van der Waals surface area contributed by atoms with Crippen LogP contribution in [0.3, 0.4) is 0 Å². The van der Waals surface area contributed by atoms with Gasteiger partial charge in [0.25, 0.3) is 0 Å². The van der Waals surface area contributed by atoms with Crippen LogP contribution in [0.5, 0.6) is 5.75 Å². The van der Waals surface area contributed by atoms with Crippen LogP contribution in [0.1, 0.15) is 10.6 Å². The van der Waals surface area contributed by atoms with Gasteiger partial charge in [0.05, 0.1) is 44.7 Å². The number of nitrogens with zero attached hydrogens (tertiary/aromatic N) is 1. The lowest BCUT2D eigenvalue weighted by Gasteiger charge is -2.25. The fourth-order valence-electron chi connectivity index (χ4n) is 3.03. The summed E-state index contributed by atoms with van der Waals surface area (Å²) in [4.78, 5) is 38.2. The first-order valence-electron chi connectivity index (χ1n) is 8.81. The second-order valence-electron chi connectivity index (χ2n) is 6.07. The Balaban J connectivity index is 2.32. The molecular weight excluding hydrogens is 430 g/mol. The summed E-state index contributed by atoms with van der Waals surface area (Å²) in [6, 6.07) is 2.94. The van der Waals surface area contributed by atoms with Crippen molar-refractivity contribution < 1.29 is 37.7 Å². The summed E-state index contributed by atoms with van der Waals surface area (Å²) < 4.78 is 25.4. The Morgan fingerprint density at radius 2 is 1.61 bits per heavy atom. The van der Waals surface area contributed by atoms with Gasteiger partial charge in [-0.3, -0.25) is 0 Å². The molecule has 0 spiro atoms. The van der Waals surface area contributed by atoms with Gasteiger partial charge in [-0.05, 0) is 12.2 Å². The van der Waals surface area contributed by atoms with Crippen molar-refractivity contribution in [2.75, 3.05) is 33.3 Å². The second-order valence-corrected chi connectivity index (χ2v) is 6.45. The molecule has 9 nitrogen and oxygen atoms in total. The minimum atomic E-state index is -0.801. The maximum Gasteiger partial charge on any atom is 0.373 e. The average Bonchev–Trinajstić information content (AvgIpc) is 3.10. The molecule has 0 aliphatic carbocycles. The molecule has 1 aliphatic heterocycles. The Morgan fingerprint density at radius 1 is 0.935 bits per heavy atom. The predicted molar refractivity (Wildman–Crippen MR) is 111 cm³/mol. The quantitative estimate of drug-likeness (QED) is 0.503. The number of furan rings is 1. The molecule has 0 atom stereocenters. The fraction of sp³-hybridized carbons (Fsp3) is 0.190. The summed E-state index contributed by atoms with van der Waals surface area (Å²) >= 11 is 6.53. The van der Waals surface area contributed by atoms with E-state index in [1.54, 1.807) is 12.2 Å². The zero-order valence-electron chi connectivity index (χ0n) is 17.1. The first kappa shape index (κ1) is 22.0. The van der Waals surface area contributed by atoms with Gasteiger partial charge in [0.2, 0.25) is 5.76 Å². The van der Waals surface area contributed by atoms with Crippen molar-refractivity contribution in [2.45, 2.75) is 0 Å². The van der Waals surface area contributed by atoms with Crippen LogP contribution >= 0.6 is 11.6 Å². The minimum absolute atomic E-state index is 0.0488. The molecule has 0 unspecified atom stereocenters. The van der Waals surface area contributed by atoms with E-state index in [9.17, 15) is 14.4 Å². The molecule has 0 bridgehead atoms. The molecule has 10 heteroatoms. The Hall–Kier alpha value is -3.72. The smallest absolute Gasteiger partial charge is 0.373 e. The lowest BCUT2D eigenvalue weighted by atomic mass is 10.1. The number of halogens is 1. The average molecular weight is 448 g/mol. The molecule has 0 N–H and O–H groups in total. The van der Waals surface area contributed by atoms with E-state index in [1.165, 1.54) is 57.7 Å².